The van der Waals surface area contributed by atoms with Gasteiger partial charge in [0.25, 0.3) is 5.91 Å². The van der Waals surface area contributed by atoms with E-state index in [1.165, 1.54) is 0 Å². The summed E-state index contributed by atoms with van der Waals surface area (Å²) in [6.07, 6.45) is 0. The van der Waals surface area contributed by atoms with E-state index >= 15 is 0 Å². The summed E-state index contributed by atoms with van der Waals surface area (Å²) >= 11 is 0. The lowest BCUT2D eigenvalue weighted by Gasteiger charge is -2.50. The van der Waals surface area contributed by atoms with Crippen LogP contribution in [0.4, 0.5) is 11.4 Å². The first-order valence-electron chi connectivity index (χ1n) is 10.5. The van der Waals surface area contributed by atoms with Crippen LogP contribution in [0.25, 0.3) is 0 Å². The lowest BCUT2D eigenvalue weighted by atomic mass is 9.77. The van der Waals surface area contributed by atoms with Gasteiger partial charge in [-0.3, -0.25) is 9.69 Å². The molecule has 1 heterocycles. The molecule has 0 saturated heterocycles. The van der Waals surface area contributed by atoms with E-state index < -0.39 is 5.54 Å². The van der Waals surface area contributed by atoms with E-state index in [1.807, 2.05) is 95.9 Å². The van der Waals surface area contributed by atoms with Gasteiger partial charge in [-0.2, -0.15) is 0 Å². The van der Waals surface area contributed by atoms with Crippen LogP contribution in [-0.2, 0) is 5.54 Å². The number of hydrogen-bond acceptors (Lipinski definition) is 2. The van der Waals surface area contributed by atoms with Crippen LogP contribution in [0.2, 0.25) is 0 Å². The predicted molar refractivity (Wildman–Crippen MR) is 126 cm³/mol. The van der Waals surface area contributed by atoms with Gasteiger partial charge in [-0.1, -0.05) is 91.0 Å². The Kier molecular flexibility index (Phi) is 4.79. The van der Waals surface area contributed by atoms with E-state index in [0.29, 0.717) is 5.56 Å². The number of para-hydroxylation sites is 2. The first-order valence-corrected chi connectivity index (χ1v) is 10.5. The van der Waals surface area contributed by atoms with E-state index in [9.17, 15) is 4.79 Å². The second-order valence-corrected chi connectivity index (χ2v) is 8.06. The molecule has 1 aliphatic heterocycles. The molecule has 0 fully saturated rings. The Morgan fingerprint density at radius 3 is 1.97 bits per heavy atom. The monoisotopic (exact) mass is 404 g/mol. The first-order chi connectivity index (χ1) is 15.2. The van der Waals surface area contributed by atoms with E-state index in [4.69, 9.17) is 0 Å². The zero-order valence-corrected chi connectivity index (χ0v) is 17.4. The third kappa shape index (κ3) is 3.28. The summed E-state index contributed by atoms with van der Waals surface area (Å²) in [4.78, 5) is 15.9. The largest absolute Gasteiger partial charge is 0.372 e. The zero-order chi connectivity index (χ0) is 21.3. The number of rotatable bonds is 3. The molecule has 2 atom stereocenters. The van der Waals surface area contributed by atoms with E-state index in [-0.39, 0.29) is 11.9 Å². The molecule has 5 rings (SSSR count). The van der Waals surface area contributed by atoms with Gasteiger partial charge in [-0.15, -0.1) is 0 Å². The summed E-state index contributed by atoms with van der Waals surface area (Å²) in [7, 11) is 0. The third-order valence-corrected chi connectivity index (χ3v) is 6.09. The molecule has 1 N–H and O–H groups in total. The van der Waals surface area contributed by atoms with Crippen molar-refractivity contribution in [1.82, 2.24) is 0 Å². The van der Waals surface area contributed by atoms with Crippen LogP contribution < -0.4 is 10.2 Å². The number of benzene rings is 4. The number of nitrogens with zero attached hydrogens (tertiary/aromatic N) is 1. The fraction of sp³-hybridized carbons (Fsp3) is 0.107. The van der Waals surface area contributed by atoms with Crippen molar-refractivity contribution in [2.24, 2.45) is 0 Å². The smallest absolute Gasteiger partial charge is 0.259 e. The molecule has 152 valence electrons. The highest BCUT2D eigenvalue weighted by Crippen LogP contribution is 2.50. The maximum atomic E-state index is 14.0. The number of carbonyl (C=O) groups excluding carboxylic acids is 1. The average molecular weight is 405 g/mol. The molecule has 0 bridgehead atoms. The lowest BCUT2D eigenvalue weighted by Crippen LogP contribution is -2.53. The average Bonchev–Trinajstić information content (AvgIpc) is 2.84. The topological polar surface area (TPSA) is 32.3 Å². The van der Waals surface area contributed by atoms with Gasteiger partial charge >= 0.3 is 0 Å². The number of amides is 1. The van der Waals surface area contributed by atoms with Gasteiger partial charge in [-0.05, 0) is 42.3 Å². The molecule has 0 saturated carbocycles. The van der Waals surface area contributed by atoms with Crippen LogP contribution in [0, 0.1) is 0 Å². The van der Waals surface area contributed by atoms with Gasteiger partial charge in [0.15, 0.2) is 0 Å². The van der Waals surface area contributed by atoms with Crippen LogP contribution in [-0.4, -0.2) is 5.91 Å². The number of fused-ring (bicyclic) bond motifs is 1. The number of anilines is 2. The molecule has 3 heteroatoms. The molecule has 4 aromatic carbocycles. The molecule has 4 aromatic rings. The summed E-state index contributed by atoms with van der Waals surface area (Å²) < 4.78 is 0. The molecule has 0 aliphatic carbocycles. The fourth-order valence-electron chi connectivity index (χ4n) is 4.61. The first kappa shape index (κ1) is 19.1. The Balaban J connectivity index is 1.77. The molecular weight excluding hydrogens is 380 g/mol. The van der Waals surface area contributed by atoms with Crippen molar-refractivity contribution in [1.29, 1.82) is 0 Å². The Morgan fingerprint density at radius 1 is 0.742 bits per heavy atom. The van der Waals surface area contributed by atoms with Gasteiger partial charge in [0.05, 0.1) is 23.0 Å². The second-order valence-electron chi connectivity index (χ2n) is 8.06. The van der Waals surface area contributed by atoms with Crippen molar-refractivity contribution in [2.75, 3.05) is 10.2 Å². The third-order valence-electron chi connectivity index (χ3n) is 6.09. The SMILES string of the molecule is CC1(c2ccccc2)Nc2ccccc2N(C(=O)c2ccccc2)C1c1ccccc1. The maximum Gasteiger partial charge on any atom is 0.259 e. The van der Waals surface area contributed by atoms with Crippen molar-refractivity contribution >= 4 is 17.3 Å². The van der Waals surface area contributed by atoms with Gasteiger partial charge < -0.3 is 5.32 Å². The molecule has 31 heavy (non-hydrogen) atoms. The highest BCUT2D eigenvalue weighted by Gasteiger charge is 2.47. The van der Waals surface area contributed by atoms with Crippen molar-refractivity contribution in [3.05, 3.63) is 132 Å². The molecule has 0 spiro atoms. The minimum atomic E-state index is -0.526. The van der Waals surface area contributed by atoms with E-state index in [2.05, 4.69) is 36.5 Å². The Morgan fingerprint density at radius 2 is 1.29 bits per heavy atom. The number of nitrogens with one attached hydrogen (secondary N) is 1. The van der Waals surface area contributed by atoms with Crippen LogP contribution in [0.3, 0.4) is 0 Å². The molecular formula is C28H24N2O. The summed E-state index contributed by atoms with van der Waals surface area (Å²) in [6, 6.07) is 38.0. The standard InChI is InChI=1S/C28H24N2O/c1-28(23-17-9-4-10-18-23)26(21-13-5-2-6-14-21)30(25-20-12-11-19-24(25)29-28)27(31)22-15-7-3-8-16-22/h2-20,26,29H,1H3. The molecule has 3 nitrogen and oxygen atoms in total. The highest BCUT2D eigenvalue weighted by atomic mass is 16.2. The van der Waals surface area contributed by atoms with Crippen molar-refractivity contribution in [2.45, 2.75) is 18.5 Å². The van der Waals surface area contributed by atoms with Crippen molar-refractivity contribution in [3.8, 4) is 0 Å². The summed E-state index contributed by atoms with van der Waals surface area (Å²) in [5.74, 6) is -0.00874. The number of hydrogen-bond donors (Lipinski definition) is 1. The zero-order valence-electron chi connectivity index (χ0n) is 17.4. The van der Waals surface area contributed by atoms with Crippen LogP contribution in [0.5, 0.6) is 0 Å². The molecule has 1 amide bonds. The molecule has 1 aliphatic rings. The highest BCUT2D eigenvalue weighted by molar-refractivity contribution is 6.09. The van der Waals surface area contributed by atoms with Crippen LogP contribution >= 0.6 is 0 Å². The van der Waals surface area contributed by atoms with Gasteiger partial charge in [0, 0.05) is 5.56 Å². The normalized spacial score (nSPS) is 19.9. The Hall–Kier alpha value is -3.85. The minimum Gasteiger partial charge on any atom is -0.372 e. The van der Waals surface area contributed by atoms with Gasteiger partial charge in [0.1, 0.15) is 0 Å². The lowest BCUT2D eigenvalue weighted by molar-refractivity contribution is 0.0963. The predicted octanol–water partition coefficient (Wildman–Crippen LogP) is 6.42. The Bertz CT molecular complexity index is 1190. The Labute approximate surface area is 183 Å². The summed E-state index contributed by atoms with van der Waals surface area (Å²) in [5, 5.41) is 3.78. The quantitative estimate of drug-likeness (QED) is 0.427. The fourth-order valence-corrected chi connectivity index (χ4v) is 4.61. The van der Waals surface area contributed by atoms with E-state index in [0.717, 1.165) is 22.5 Å². The summed E-state index contributed by atoms with van der Waals surface area (Å²) in [6.45, 7) is 2.18. The van der Waals surface area contributed by atoms with Crippen molar-refractivity contribution < 1.29 is 4.79 Å². The van der Waals surface area contributed by atoms with Gasteiger partial charge in [-0.25, -0.2) is 0 Å². The molecule has 0 aromatic heterocycles. The van der Waals surface area contributed by atoms with E-state index in [1.54, 1.807) is 0 Å². The maximum absolute atomic E-state index is 14.0. The van der Waals surface area contributed by atoms with Crippen LogP contribution in [0.15, 0.2) is 115 Å². The molecule has 0 radical (unpaired) electrons. The molecule has 2 unspecified atom stereocenters. The van der Waals surface area contributed by atoms with Gasteiger partial charge in [0.2, 0.25) is 0 Å². The summed E-state index contributed by atoms with van der Waals surface area (Å²) in [5.41, 5.74) is 4.20. The van der Waals surface area contributed by atoms with Crippen molar-refractivity contribution in [3.63, 3.8) is 0 Å². The minimum absolute atomic E-state index is 0.00874. The van der Waals surface area contributed by atoms with Crippen LogP contribution in [0.1, 0.15) is 34.5 Å². The number of carbonyl (C=O) groups is 1. The second kappa shape index (κ2) is 7.77.